The number of anilines is 1. The first-order valence-corrected chi connectivity index (χ1v) is 9.25. The Balaban J connectivity index is 2.07. The van der Waals surface area contributed by atoms with Crippen molar-refractivity contribution in [3.8, 4) is 0 Å². The van der Waals surface area contributed by atoms with Crippen molar-refractivity contribution in [2.24, 2.45) is 0 Å². The van der Waals surface area contributed by atoms with Gasteiger partial charge in [0.05, 0.1) is 34.9 Å². The number of ketones is 1. The molecule has 3 aromatic rings. The number of likely N-dealkylation sites (N-methyl/N-ethyl adjacent to an activating group) is 1. The number of aromatic nitrogens is 1. The van der Waals surface area contributed by atoms with Gasteiger partial charge in [0.2, 0.25) is 0 Å². The molecule has 0 radical (unpaired) electrons. The maximum absolute atomic E-state index is 13.9. The van der Waals surface area contributed by atoms with Crippen LogP contribution in [0.4, 0.5) is 10.1 Å². The maximum atomic E-state index is 13.9. The van der Waals surface area contributed by atoms with E-state index in [0.717, 1.165) is 0 Å². The van der Waals surface area contributed by atoms with Crippen LogP contribution in [0.3, 0.4) is 0 Å². The predicted molar refractivity (Wildman–Crippen MR) is 108 cm³/mol. The van der Waals surface area contributed by atoms with Crippen molar-refractivity contribution in [2.75, 3.05) is 25.1 Å². The summed E-state index contributed by atoms with van der Waals surface area (Å²) in [5.41, 5.74) is 1.03. The first kappa shape index (κ1) is 20.2. The number of carbonyl (C=O) groups is 2. The van der Waals surface area contributed by atoms with Crippen molar-refractivity contribution in [1.29, 1.82) is 0 Å². The number of aromatic amines is 1. The van der Waals surface area contributed by atoms with Crippen LogP contribution in [0.5, 0.6) is 0 Å². The minimum Gasteiger partial charge on any atom is -0.461 e. The highest BCUT2D eigenvalue weighted by Crippen LogP contribution is 2.38. The summed E-state index contributed by atoms with van der Waals surface area (Å²) in [5, 5.41) is 1.23. The molecule has 146 valence electrons. The third-order valence-corrected chi connectivity index (χ3v) is 4.72. The molecule has 0 atom stereocenters. The molecule has 8 heteroatoms. The molecule has 0 aliphatic heterocycles. The van der Waals surface area contributed by atoms with Gasteiger partial charge in [0.15, 0.2) is 5.78 Å². The van der Waals surface area contributed by atoms with E-state index in [-0.39, 0.29) is 24.4 Å². The summed E-state index contributed by atoms with van der Waals surface area (Å²) >= 11 is 12.4. The number of hydrogen-bond donors (Lipinski definition) is 1. The van der Waals surface area contributed by atoms with Gasteiger partial charge < -0.3 is 14.6 Å². The Kier molecular flexibility index (Phi) is 5.91. The number of ether oxygens (including phenoxy) is 1. The van der Waals surface area contributed by atoms with Gasteiger partial charge in [-0.05, 0) is 31.2 Å². The molecule has 2 aromatic carbocycles. The van der Waals surface area contributed by atoms with Crippen LogP contribution in [0, 0.1) is 5.82 Å². The molecular weight excluding hydrogens is 406 g/mol. The molecule has 3 rings (SSSR count). The lowest BCUT2D eigenvalue weighted by molar-refractivity contribution is 0.0521. The fraction of sp³-hybridized carbons (Fsp3) is 0.200. The molecule has 28 heavy (non-hydrogen) atoms. The van der Waals surface area contributed by atoms with Gasteiger partial charge in [-0.1, -0.05) is 35.3 Å². The monoisotopic (exact) mass is 422 g/mol. The highest BCUT2D eigenvalue weighted by molar-refractivity contribution is 6.40. The van der Waals surface area contributed by atoms with Crippen molar-refractivity contribution in [1.82, 2.24) is 4.98 Å². The third-order valence-electron chi connectivity index (χ3n) is 4.20. The van der Waals surface area contributed by atoms with E-state index in [0.29, 0.717) is 26.6 Å². The average molecular weight is 423 g/mol. The van der Waals surface area contributed by atoms with Crippen LogP contribution in [-0.4, -0.2) is 36.9 Å². The molecule has 0 saturated carbocycles. The normalized spacial score (nSPS) is 10.9. The first-order chi connectivity index (χ1) is 13.3. The molecule has 0 saturated heterocycles. The summed E-state index contributed by atoms with van der Waals surface area (Å²) in [6.45, 7) is 1.70. The quantitative estimate of drug-likeness (QED) is 0.442. The van der Waals surface area contributed by atoms with Crippen LogP contribution >= 0.6 is 23.2 Å². The Hall–Kier alpha value is -2.57. The number of fused-ring (bicyclic) bond motifs is 1. The number of carbonyl (C=O) groups excluding carboxylic acids is 2. The minimum atomic E-state index is -0.602. The Labute approximate surface area is 171 Å². The molecule has 1 heterocycles. The van der Waals surface area contributed by atoms with E-state index in [9.17, 15) is 14.0 Å². The van der Waals surface area contributed by atoms with Gasteiger partial charge in [0.25, 0.3) is 0 Å². The molecule has 0 aliphatic rings. The van der Waals surface area contributed by atoms with Gasteiger partial charge in [-0.25, -0.2) is 9.18 Å². The number of hydrogen-bond acceptors (Lipinski definition) is 4. The molecule has 0 aliphatic carbocycles. The number of halogens is 3. The molecule has 1 N–H and O–H groups in total. The summed E-state index contributed by atoms with van der Waals surface area (Å²) < 4.78 is 19.1. The summed E-state index contributed by atoms with van der Waals surface area (Å²) in [6.07, 6.45) is 0. The van der Waals surface area contributed by atoms with Crippen LogP contribution in [0.25, 0.3) is 10.9 Å². The molecule has 0 fully saturated rings. The SMILES string of the molecule is CCOC(=O)c1[nH]c2cc(Cl)cc(Cl)c2c1N(C)CC(=O)c1ccccc1F. The van der Waals surface area contributed by atoms with Gasteiger partial charge in [-0.15, -0.1) is 0 Å². The number of esters is 1. The van der Waals surface area contributed by atoms with Crippen LogP contribution < -0.4 is 4.90 Å². The van der Waals surface area contributed by atoms with Crippen LogP contribution in [0.15, 0.2) is 36.4 Å². The summed E-state index contributed by atoms with van der Waals surface area (Å²) in [5.74, 6) is -1.63. The fourth-order valence-corrected chi connectivity index (χ4v) is 3.61. The summed E-state index contributed by atoms with van der Waals surface area (Å²) in [7, 11) is 1.62. The average Bonchev–Trinajstić information content (AvgIpc) is 3.02. The van der Waals surface area contributed by atoms with Crippen molar-refractivity contribution >= 4 is 51.5 Å². The number of nitrogens with one attached hydrogen (secondary N) is 1. The number of rotatable bonds is 6. The second-order valence-electron chi connectivity index (χ2n) is 6.14. The minimum absolute atomic E-state index is 0.0268. The predicted octanol–water partition coefficient (Wildman–Crippen LogP) is 5.11. The van der Waals surface area contributed by atoms with E-state index in [1.165, 1.54) is 18.2 Å². The molecule has 5 nitrogen and oxygen atoms in total. The Morgan fingerprint density at radius 1 is 1.21 bits per heavy atom. The van der Waals surface area contributed by atoms with E-state index < -0.39 is 17.6 Å². The second kappa shape index (κ2) is 8.20. The van der Waals surface area contributed by atoms with E-state index in [1.807, 2.05) is 0 Å². The fourth-order valence-electron chi connectivity index (χ4n) is 3.03. The van der Waals surface area contributed by atoms with Gasteiger partial charge in [0.1, 0.15) is 11.5 Å². The summed E-state index contributed by atoms with van der Waals surface area (Å²) in [6, 6.07) is 8.91. The number of benzene rings is 2. The highest BCUT2D eigenvalue weighted by atomic mass is 35.5. The third kappa shape index (κ3) is 3.84. The number of nitrogens with zero attached hydrogens (tertiary/aromatic N) is 1. The second-order valence-corrected chi connectivity index (χ2v) is 6.98. The van der Waals surface area contributed by atoms with Crippen molar-refractivity contribution in [2.45, 2.75) is 6.92 Å². The number of H-pyrrole nitrogens is 1. The number of Topliss-reactive ketones (excluding diaryl/α,β-unsaturated/α-hetero) is 1. The zero-order valence-electron chi connectivity index (χ0n) is 15.2. The highest BCUT2D eigenvalue weighted by Gasteiger charge is 2.25. The van der Waals surface area contributed by atoms with E-state index >= 15 is 0 Å². The summed E-state index contributed by atoms with van der Waals surface area (Å²) in [4.78, 5) is 29.5. The zero-order valence-corrected chi connectivity index (χ0v) is 16.7. The standard InChI is InChI=1S/C20H17Cl2FN2O3/c1-3-28-20(27)18-19(17-13(22)8-11(21)9-15(17)24-18)25(2)10-16(26)12-6-4-5-7-14(12)23/h4-9,24H,3,10H2,1-2H3. The van der Waals surface area contributed by atoms with Crippen molar-refractivity contribution < 1.29 is 18.7 Å². The topological polar surface area (TPSA) is 62.4 Å². The Bertz CT molecular complexity index is 1070. The first-order valence-electron chi connectivity index (χ1n) is 8.50. The maximum Gasteiger partial charge on any atom is 0.356 e. The molecular formula is C20H17Cl2FN2O3. The van der Waals surface area contributed by atoms with E-state index in [4.69, 9.17) is 27.9 Å². The Morgan fingerprint density at radius 2 is 1.93 bits per heavy atom. The molecule has 0 unspecified atom stereocenters. The lowest BCUT2D eigenvalue weighted by Gasteiger charge is -2.20. The van der Waals surface area contributed by atoms with Crippen LogP contribution in [-0.2, 0) is 4.74 Å². The molecule has 0 bridgehead atoms. The molecule has 0 amide bonds. The van der Waals surface area contributed by atoms with Gasteiger partial charge in [-0.3, -0.25) is 4.79 Å². The van der Waals surface area contributed by atoms with E-state index in [2.05, 4.69) is 4.98 Å². The van der Waals surface area contributed by atoms with E-state index in [1.54, 1.807) is 37.1 Å². The molecule has 0 spiro atoms. The Morgan fingerprint density at radius 3 is 2.61 bits per heavy atom. The van der Waals surface area contributed by atoms with Crippen molar-refractivity contribution in [3.05, 3.63) is 63.5 Å². The smallest absolute Gasteiger partial charge is 0.356 e. The van der Waals surface area contributed by atoms with Gasteiger partial charge in [0, 0.05) is 17.5 Å². The van der Waals surface area contributed by atoms with Gasteiger partial charge in [-0.2, -0.15) is 0 Å². The lowest BCUT2D eigenvalue weighted by atomic mass is 10.1. The zero-order chi connectivity index (χ0) is 20.4. The van der Waals surface area contributed by atoms with Crippen LogP contribution in [0.2, 0.25) is 10.0 Å². The largest absolute Gasteiger partial charge is 0.461 e. The lowest BCUT2D eigenvalue weighted by Crippen LogP contribution is -2.27. The van der Waals surface area contributed by atoms with Crippen molar-refractivity contribution in [3.63, 3.8) is 0 Å². The molecule has 1 aromatic heterocycles. The van der Waals surface area contributed by atoms with Gasteiger partial charge >= 0.3 is 5.97 Å². The van der Waals surface area contributed by atoms with Crippen LogP contribution in [0.1, 0.15) is 27.8 Å².